The fraction of sp³-hybridized carbons (Fsp3) is 0.400. The molecule has 2 N–H and O–H groups in total. The summed E-state index contributed by atoms with van der Waals surface area (Å²) in [4.78, 5) is 7.19. The molecule has 0 aromatic heterocycles. The zero-order chi connectivity index (χ0) is 24.5. The Morgan fingerprint density at radius 2 is 1.71 bits per heavy atom. The molecule has 4 rings (SSSR count). The van der Waals surface area contributed by atoms with Crippen LogP contribution in [0.15, 0.2) is 47.1 Å². The van der Waals surface area contributed by atoms with Crippen LogP contribution in [0.5, 0.6) is 0 Å². The van der Waals surface area contributed by atoms with E-state index in [2.05, 4.69) is 47.2 Å². The number of amidine groups is 1. The monoisotopic (exact) mass is 520 g/mol. The van der Waals surface area contributed by atoms with Crippen LogP contribution < -0.4 is 9.44 Å². The van der Waals surface area contributed by atoms with Crippen LogP contribution in [0.25, 0.3) is 0 Å². The maximum absolute atomic E-state index is 12.4. The summed E-state index contributed by atoms with van der Waals surface area (Å²) < 4.78 is 29.8. The van der Waals surface area contributed by atoms with Crippen molar-refractivity contribution in [3.05, 3.63) is 80.0 Å². The molecular formula is C25H30Cl2N4O2S. The number of rotatable bonds is 5. The van der Waals surface area contributed by atoms with Crippen LogP contribution in [-0.4, -0.2) is 38.3 Å². The van der Waals surface area contributed by atoms with E-state index < -0.39 is 10.2 Å². The fourth-order valence-electron chi connectivity index (χ4n) is 4.67. The number of allylic oxidation sites excluding steroid dienone is 1. The van der Waals surface area contributed by atoms with Gasteiger partial charge < -0.3 is 0 Å². The Kier molecular flexibility index (Phi) is 7.57. The molecule has 0 unspecified atom stereocenters. The predicted molar refractivity (Wildman–Crippen MR) is 140 cm³/mol. The third kappa shape index (κ3) is 6.33. The van der Waals surface area contributed by atoms with Gasteiger partial charge in [0.15, 0.2) is 0 Å². The summed E-state index contributed by atoms with van der Waals surface area (Å²) in [6.45, 7) is 9.28. The molecule has 0 aliphatic carbocycles. The second kappa shape index (κ2) is 10.3. The molecule has 0 amide bonds. The lowest BCUT2D eigenvalue weighted by Crippen LogP contribution is -2.45. The summed E-state index contributed by atoms with van der Waals surface area (Å²) in [5, 5.41) is 1.03. The van der Waals surface area contributed by atoms with Crippen molar-refractivity contribution < 1.29 is 8.42 Å². The summed E-state index contributed by atoms with van der Waals surface area (Å²) >= 11 is 12.2. The van der Waals surface area contributed by atoms with E-state index in [1.54, 1.807) is 24.3 Å². The second-order valence-electron chi connectivity index (χ2n) is 9.19. The van der Waals surface area contributed by atoms with Crippen LogP contribution in [0.1, 0.15) is 40.7 Å². The van der Waals surface area contributed by atoms with Gasteiger partial charge in [-0.15, -0.1) is 0 Å². The first-order valence-corrected chi connectivity index (χ1v) is 13.6. The molecule has 1 saturated heterocycles. The maximum Gasteiger partial charge on any atom is 0.322 e. The van der Waals surface area contributed by atoms with E-state index in [-0.39, 0.29) is 6.04 Å². The Morgan fingerprint density at radius 1 is 1.03 bits per heavy atom. The molecule has 0 spiro atoms. The van der Waals surface area contributed by atoms with Gasteiger partial charge in [-0.25, -0.2) is 0 Å². The van der Waals surface area contributed by atoms with Crippen molar-refractivity contribution in [3.63, 3.8) is 0 Å². The molecule has 0 radical (unpaired) electrons. The van der Waals surface area contributed by atoms with Crippen LogP contribution in [0.2, 0.25) is 10.0 Å². The highest BCUT2D eigenvalue weighted by Crippen LogP contribution is 2.24. The zero-order valence-corrected chi connectivity index (χ0v) is 22.0. The van der Waals surface area contributed by atoms with Gasteiger partial charge in [-0.2, -0.15) is 8.42 Å². The number of hydrogen-bond donors (Lipinski definition) is 2. The molecule has 2 aliphatic rings. The Morgan fingerprint density at radius 3 is 2.35 bits per heavy atom. The average molecular weight is 522 g/mol. The van der Waals surface area contributed by atoms with Gasteiger partial charge in [-0.05, 0) is 68.0 Å². The number of likely N-dealkylation sites (tertiary alicyclic amines) is 1. The van der Waals surface area contributed by atoms with Crippen molar-refractivity contribution in [1.29, 1.82) is 0 Å². The Labute approximate surface area is 212 Å². The quantitative estimate of drug-likeness (QED) is 0.591. The number of nitrogens with one attached hydrogen (secondary N) is 2. The minimum absolute atomic E-state index is 0.0730. The third-order valence-electron chi connectivity index (χ3n) is 6.31. The normalized spacial score (nSPS) is 20.0. The first-order valence-electron chi connectivity index (χ1n) is 11.4. The molecule has 2 aliphatic heterocycles. The number of aliphatic imine (C=N–C) groups is 1. The van der Waals surface area contributed by atoms with Crippen LogP contribution in [0, 0.1) is 20.8 Å². The van der Waals surface area contributed by atoms with Crippen molar-refractivity contribution in [2.24, 2.45) is 4.99 Å². The van der Waals surface area contributed by atoms with Gasteiger partial charge in [-0.3, -0.25) is 19.3 Å². The predicted octanol–water partition coefficient (Wildman–Crippen LogP) is 4.85. The molecule has 2 aromatic rings. The molecule has 2 aromatic carbocycles. The lowest BCUT2D eigenvalue weighted by atomic mass is 9.98. The maximum atomic E-state index is 12.4. The first-order chi connectivity index (χ1) is 16.1. The van der Waals surface area contributed by atoms with Gasteiger partial charge in [0.05, 0.1) is 6.04 Å². The van der Waals surface area contributed by atoms with Crippen LogP contribution in [0.4, 0.5) is 0 Å². The van der Waals surface area contributed by atoms with Crippen molar-refractivity contribution in [3.8, 4) is 0 Å². The van der Waals surface area contributed by atoms with E-state index in [4.69, 9.17) is 28.2 Å². The molecular weight excluding hydrogens is 491 g/mol. The summed E-state index contributed by atoms with van der Waals surface area (Å²) in [6, 6.07) is 9.74. The van der Waals surface area contributed by atoms with Crippen LogP contribution >= 0.6 is 23.2 Å². The highest BCUT2D eigenvalue weighted by Gasteiger charge is 2.24. The van der Waals surface area contributed by atoms with Gasteiger partial charge >= 0.3 is 10.2 Å². The van der Waals surface area contributed by atoms with Gasteiger partial charge in [0, 0.05) is 47.9 Å². The van der Waals surface area contributed by atoms with Crippen molar-refractivity contribution in [1.82, 2.24) is 14.3 Å². The van der Waals surface area contributed by atoms with Crippen molar-refractivity contribution >= 4 is 39.2 Å². The second-order valence-corrected chi connectivity index (χ2v) is 11.4. The van der Waals surface area contributed by atoms with Gasteiger partial charge in [0.2, 0.25) is 0 Å². The topological polar surface area (TPSA) is 73.8 Å². The van der Waals surface area contributed by atoms with Gasteiger partial charge in [0.25, 0.3) is 0 Å². The molecule has 34 heavy (non-hydrogen) atoms. The Bertz CT molecular complexity index is 1230. The third-order valence-corrected chi connectivity index (χ3v) is 7.91. The van der Waals surface area contributed by atoms with E-state index in [0.29, 0.717) is 28.0 Å². The molecule has 9 heteroatoms. The fourth-order valence-corrected chi connectivity index (χ4v) is 6.06. The molecule has 0 atom stereocenters. The highest BCUT2D eigenvalue weighted by molar-refractivity contribution is 7.88. The summed E-state index contributed by atoms with van der Waals surface area (Å²) in [7, 11) is -3.72. The zero-order valence-electron chi connectivity index (χ0n) is 19.7. The number of aryl methyl sites for hydroxylation is 3. The van der Waals surface area contributed by atoms with E-state index in [1.165, 1.54) is 22.3 Å². The minimum atomic E-state index is -3.72. The van der Waals surface area contributed by atoms with E-state index in [9.17, 15) is 8.42 Å². The lowest BCUT2D eigenvalue weighted by Gasteiger charge is -2.31. The van der Waals surface area contributed by atoms with Crippen LogP contribution in [0.3, 0.4) is 0 Å². The molecule has 0 saturated carbocycles. The summed E-state index contributed by atoms with van der Waals surface area (Å²) in [6.07, 6.45) is 3.85. The number of piperidine rings is 1. The molecule has 0 bridgehead atoms. The minimum Gasteiger partial charge on any atom is -0.299 e. The molecule has 2 heterocycles. The van der Waals surface area contributed by atoms with E-state index in [0.717, 1.165) is 38.0 Å². The van der Waals surface area contributed by atoms with Gasteiger partial charge in [-0.1, -0.05) is 47.0 Å². The smallest absolute Gasteiger partial charge is 0.299 e. The highest BCUT2D eigenvalue weighted by atomic mass is 35.5. The molecule has 182 valence electrons. The number of halogens is 2. The SMILES string of the molecule is Cc1cc(C)c(CN2CCC(N=C3C=C(Cc4ccc(Cl)cc4Cl)NS(=O)(=O)N3)CC2)c(C)c1. The number of nitrogens with zero attached hydrogens (tertiary/aromatic N) is 2. The van der Waals surface area contributed by atoms with Gasteiger partial charge in [0.1, 0.15) is 5.84 Å². The molecule has 6 nitrogen and oxygen atoms in total. The number of hydrogen-bond acceptors (Lipinski definition) is 4. The van der Waals surface area contributed by atoms with E-state index >= 15 is 0 Å². The Balaban J connectivity index is 1.42. The van der Waals surface area contributed by atoms with Crippen molar-refractivity contribution in [2.75, 3.05) is 13.1 Å². The van der Waals surface area contributed by atoms with Crippen molar-refractivity contribution in [2.45, 2.75) is 52.6 Å². The number of benzene rings is 2. The summed E-state index contributed by atoms with van der Waals surface area (Å²) in [5.41, 5.74) is 6.67. The average Bonchev–Trinajstić information content (AvgIpc) is 2.73. The molecule has 1 fully saturated rings. The lowest BCUT2D eigenvalue weighted by molar-refractivity contribution is 0.205. The largest absolute Gasteiger partial charge is 0.322 e. The van der Waals surface area contributed by atoms with E-state index in [1.807, 2.05) is 0 Å². The van der Waals surface area contributed by atoms with Crippen LogP contribution in [-0.2, 0) is 23.2 Å². The summed E-state index contributed by atoms with van der Waals surface area (Å²) in [5.74, 6) is 0.363. The first kappa shape index (κ1) is 25.0. The standard InChI is InChI=1S/C25H30Cl2N4O2S/c1-16-10-17(2)23(18(3)11-16)15-31-8-6-21(7-9-31)28-25-14-22(29-34(32,33)30-25)12-19-4-5-20(26)13-24(19)27/h4-5,10-11,13-14,21,29H,6-9,12,15H2,1-3H3,(H,28,30). The Hall–Kier alpha value is -2.06.